The van der Waals surface area contributed by atoms with Gasteiger partial charge in [0.2, 0.25) is 0 Å². The first kappa shape index (κ1) is 18.3. The number of aromatic hydroxyl groups is 1. The van der Waals surface area contributed by atoms with Crippen molar-refractivity contribution in [2.45, 2.75) is 13.8 Å². The molecule has 0 aromatic heterocycles. The van der Waals surface area contributed by atoms with Crippen LogP contribution >= 0.6 is 12.4 Å². The maximum atomic E-state index is 9.78. The summed E-state index contributed by atoms with van der Waals surface area (Å²) in [5.74, 6) is 0.301. The van der Waals surface area contributed by atoms with Crippen molar-refractivity contribution >= 4 is 18.0 Å². The van der Waals surface area contributed by atoms with Crippen LogP contribution in [0.2, 0.25) is 0 Å². The highest BCUT2D eigenvalue weighted by atomic mass is 35.5. The van der Waals surface area contributed by atoms with Gasteiger partial charge in [-0.3, -0.25) is 0 Å². The fourth-order valence-corrected chi connectivity index (χ4v) is 2.59. The second kappa shape index (κ2) is 8.02. The van der Waals surface area contributed by atoms with Gasteiger partial charge < -0.3 is 10.0 Å². The van der Waals surface area contributed by atoms with Gasteiger partial charge in [0.05, 0.1) is 0 Å². The number of hydrogen-bond donors (Lipinski definition) is 1. The zero-order chi connectivity index (χ0) is 15.4. The first-order valence-corrected chi connectivity index (χ1v) is 7.18. The minimum atomic E-state index is 0. The molecule has 0 fully saturated rings. The van der Waals surface area contributed by atoms with E-state index in [9.17, 15) is 5.11 Å². The Morgan fingerprint density at radius 3 is 2.18 bits per heavy atom. The Morgan fingerprint density at radius 1 is 1.00 bits per heavy atom. The number of rotatable bonds is 4. The van der Waals surface area contributed by atoms with Gasteiger partial charge in [-0.1, -0.05) is 47.5 Å². The summed E-state index contributed by atoms with van der Waals surface area (Å²) in [7, 11) is 4.14. The molecule has 3 heteroatoms. The summed E-state index contributed by atoms with van der Waals surface area (Å²) >= 11 is 0. The lowest BCUT2D eigenvalue weighted by molar-refractivity contribution is 0.446. The van der Waals surface area contributed by atoms with Crippen molar-refractivity contribution in [1.29, 1.82) is 0 Å². The Bertz CT molecular complexity index is 645. The molecule has 0 spiro atoms. The maximum absolute atomic E-state index is 9.78. The number of halogens is 1. The minimum absolute atomic E-state index is 0. The molecule has 0 atom stereocenters. The zero-order valence-electron chi connectivity index (χ0n) is 13.6. The van der Waals surface area contributed by atoms with E-state index in [-0.39, 0.29) is 12.4 Å². The summed E-state index contributed by atoms with van der Waals surface area (Å²) in [5, 5.41) is 9.78. The maximum Gasteiger partial charge on any atom is 0.116 e. The molecule has 0 aliphatic carbocycles. The number of phenolic OH excluding ortho intramolecular Hbond substituents is 1. The minimum Gasteiger partial charge on any atom is -0.508 e. The molecule has 22 heavy (non-hydrogen) atoms. The second-order valence-electron chi connectivity index (χ2n) is 5.81. The van der Waals surface area contributed by atoms with E-state index in [1.807, 2.05) is 18.2 Å². The SMILES string of the molecule is CC(CN(C)C)=C(c1ccc(C)cc1)c1cccc(O)c1.Cl. The molecule has 118 valence electrons. The molecule has 0 bridgehead atoms. The van der Waals surface area contributed by atoms with E-state index in [0.29, 0.717) is 5.75 Å². The van der Waals surface area contributed by atoms with Crippen molar-refractivity contribution in [3.8, 4) is 5.75 Å². The fraction of sp³-hybridized carbons (Fsp3) is 0.263. The van der Waals surface area contributed by atoms with Crippen molar-refractivity contribution in [2.75, 3.05) is 20.6 Å². The summed E-state index contributed by atoms with van der Waals surface area (Å²) in [6, 6.07) is 16.0. The number of likely N-dealkylation sites (N-methyl/N-ethyl adjacent to an activating group) is 1. The molecule has 0 amide bonds. The molecule has 0 saturated carbocycles. The highest BCUT2D eigenvalue weighted by Gasteiger charge is 2.10. The molecule has 0 heterocycles. The molecule has 0 unspecified atom stereocenters. The standard InChI is InChI=1S/C19H23NO.ClH/c1-14-8-10-16(11-9-14)19(15(2)13-20(3)4)17-6-5-7-18(21)12-17;/h5-12,21H,13H2,1-4H3;1H. The third-order valence-corrected chi connectivity index (χ3v) is 3.46. The predicted molar refractivity (Wildman–Crippen MR) is 96.8 cm³/mol. The molecule has 2 nitrogen and oxygen atoms in total. The van der Waals surface area contributed by atoms with Crippen molar-refractivity contribution in [3.63, 3.8) is 0 Å². The molecule has 0 aliphatic heterocycles. The third kappa shape index (κ3) is 4.62. The topological polar surface area (TPSA) is 23.5 Å². The van der Waals surface area contributed by atoms with Gasteiger partial charge in [-0.15, -0.1) is 12.4 Å². The molecular formula is C19H24ClNO. The largest absolute Gasteiger partial charge is 0.508 e. The van der Waals surface area contributed by atoms with Crippen LogP contribution in [0, 0.1) is 6.92 Å². The quantitative estimate of drug-likeness (QED) is 0.897. The van der Waals surface area contributed by atoms with Crippen LogP contribution < -0.4 is 0 Å². The van der Waals surface area contributed by atoms with Crippen molar-refractivity contribution < 1.29 is 5.11 Å². The van der Waals surface area contributed by atoms with E-state index in [4.69, 9.17) is 0 Å². The van der Waals surface area contributed by atoms with Gasteiger partial charge in [0.1, 0.15) is 5.75 Å². The number of phenols is 1. The average molecular weight is 318 g/mol. The van der Waals surface area contributed by atoms with Crippen molar-refractivity contribution in [1.82, 2.24) is 4.90 Å². The van der Waals surface area contributed by atoms with Crippen molar-refractivity contribution in [3.05, 3.63) is 70.8 Å². The normalized spacial score (nSPS) is 11.9. The van der Waals surface area contributed by atoms with Gasteiger partial charge in [0.15, 0.2) is 0 Å². The Hall–Kier alpha value is -1.77. The van der Waals surface area contributed by atoms with Crippen LogP contribution in [0.1, 0.15) is 23.6 Å². The van der Waals surface area contributed by atoms with E-state index in [1.165, 1.54) is 22.3 Å². The third-order valence-electron chi connectivity index (χ3n) is 3.46. The van der Waals surface area contributed by atoms with Gasteiger partial charge in [-0.25, -0.2) is 0 Å². The molecule has 0 saturated heterocycles. The Balaban J connectivity index is 0.00000242. The van der Waals surface area contributed by atoms with Crippen LogP contribution in [0.25, 0.3) is 5.57 Å². The lowest BCUT2D eigenvalue weighted by atomic mass is 9.92. The molecule has 0 radical (unpaired) electrons. The van der Waals surface area contributed by atoms with E-state index in [0.717, 1.165) is 12.1 Å². The van der Waals surface area contributed by atoms with Crippen LogP contribution in [0.4, 0.5) is 0 Å². The highest BCUT2D eigenvalue weighted by molar-refractivity contribution is 5.85. The molecule has 1 N–H and O–H groups in total. The molecule has 2 aromatic carbocycles. The zero-order valence-corrected chi connectivity index (χ0v) is 14.4. The molecule has 2 rings (SSSR count). The Kier molecular flexibility index (Phi) is 6.66. The number of aryl methyl sites for hydroxylation is 1. The summed E-state index contributed by atoms with van der Waals surface area (Å²) in [6.45, 7) is 5.13. The van der Waals surface area contributed by atoms with Crippen LogP contribution in [-0.2, 0) is 0 Å². The van der Waals surface area contributed by atoms with Crippen LogP contribution in [0.5, 0.6) is 5.75 Å². The van der Waals surface area contributed by atoms with Crippen LogP contribution in [-0.4, -0.2) is 30.6 Å². The van der Waals surface area contributed by atoms with Gasteiger partial charge in [0, 0.05) is 6.54 Å². The van der Waals surface area contributed by atoms with Gasteiger partial charge in [-0.2, -0.15) is 0 Å². The van der Waals surface area contributed by atoms with Crippen molar-refractivity contribution in [2.24, 2.45) is 0 Å². The molecular weight excluding hydrogens is 294 g/mol. The predicted octanol–water partition coefficient (Wildman–Crippen LogP) is 4.51. The number of hydrogen-bond acceptors (Lipinski definition) is 2. The van der Waals surface area contributed by atoms with E-state index < -0.39 is 0 Å². The summed E-state index contributed by atoms with van der Waals surface area (Å²) < 4.78 is 0. The lowest BCUT2D eigenvalue weighted by Gasteiger charge is -2.17. The smallest absolute Gasteiger partial charge is 0.116 e. The fourth-order valence-electron chi connectivity index (χ4n) is 2.59. The molecule has 2 aromatic rings. The highest BCUT2D eigenvalue weighted by Crippen LogP contribution is 2.29. The van der Waals surface area contributed by atoms with E-state index in [1.54, 1.807) is 6.07 Å². The van der Waals surface area contributed by atoms with E-state index in [2.05, 4.69) is 57.1 Å². The van der Waals surface area contributed by atoms with Gasteiger partial charge in [-0.05, 0) is 56.8 Å². The first-order chi connectivity index (χ1) is 9.97. The lowest BCUT2D eigenvalue weighted by Crippen LogP contribution is -2.15. The van der Waals surface area contributed by atoms with E-state index >= 15 is 0 Å². The van der Waals surface area contributed by atoms with Gasteiger partial charge >= 0.3 is 0 Å². The second-order valence-corrected chi connectivity index (χ2v) is 5.81. The number of benzene rings is 2. The van der Waals surface area contributed by atoms with Gasteiger partial charge in [0.25, 0.3) is 0 Å². The average Bonchev–Trinajstić information content (AvgIpc) is 2.40. The Morgan fingerprint density at radius 2 is 1.64 bits per heavy atom. The van der Waals surface area contributed by atoms with Crippen LogP contribution in [0.15, 0.2) is 54.1 Å². The summed E-state index contributed by atoms with van der Waals surface area (Å²) in [6.07, 6.45) is 0. The molecule has 0 aliphatic rings. The Labute approximate surface area is 139 Å². The summed E-state index contributed by atoms with van der Waals surface area (Å²) in [5.41, 5.74) is 5.97. The first-order valence-electron chi connectivity index (χ1n) is 7.18. The number of nitrogens with zero attached hydrogens (tertiary/aromatic N) is 1. The monoisotopic (exact) mass is 317 g/mol. The van der Waals surface area contributed by atoms with Crippen LogP contribution in [0.3, 0.4) is 0 Å². The summed E-state index contributed by atoms with van der Waals surface area (Å²) in [4.78, 5) is 2.16.